The fourth-order valence-corrected chi connectivity index (χ4v) is 5.28. The zero-order chi connectivity index (χ0) is 33.0. The van der Waals surface area contributed by atoms with Crippen LogP contribution in [0.4, 0.5) is 22.7 Å². The number of fused-ring (bicyclic) bond motifs is 2. The van der Waals surface area contributed by atoms with E-state index in [-0.39, 0.29) is 0 Å². The van der Waals surface area contributed by atoms with Gasteiger partial charge in [0, 0.05) is 39.0 Å². The highest BCUT2D eigenvalue weighted by molar-refractivity contribution is 6.04. The van der Waals surface area contributed by atoms with Crippen LogP contribution in [0.15, 0.2) is 146 Å². The molecule has 0 saturated carbocycles. The van der Waals surface area contributed by atoms with Gasteiger partial charge in [0.2, 0.25) is 0 Å². The molecule has 0 aliphatic carbocycles. The van der Waals surface area contributed by atoms with Gasteiger partial charge >= 0.3 is 0 Å². The molecule has 1 aromatic heterocycles. The second-order valence-electron chi connectivity index (χ2n) is 11.4. The number of aromatic nitrogens is 2. The van der Waals surface area contributed by atoms with E-state index >= 15 is 0 Å². The Bertz CT molecular complexity index is 2000. The van der Waals surface area contributed by atoms with Crippen molar-refractivity contribution in [3.63, 3.8) is 0 Å². The van der Waals surface area contributed by atoms with Crippen molar-refractivity contribution in [1.82, 2.24) is 9.97 Å². The average molecular weight is 617 g/mol. The molecule has 4 heteroatoms. The first-order chi connectivity index (χ1) is 23.1. The quantitative estimate of drug-likeness (QED) is 0.189. The number of nitrogens with zero attached hydrogens (tertiary/aromatic N) is 3. The van der Waals surface area contributed by atoms with Crippen LogP contribution in [0.3, 0.4) is 0 Å². The number of anilines is 4. The summed E-state index contributed by atoms with van der Waals surface area (Å²) in [7, 11) is 0. The minimum absolute atomic E-state index is 0.769. The van der Waals surface area contributed by atoms with Crippen LogP contribution in [0.25, 0.3) is 44.3 Å². The number of hydrogen-bond donors (Lipinski definition) is 1. The maximum Gasteiger partial charge on any atom is 0.0973 e. The third-order valence-electron chi connectivity index (χ3n) is 7.70. The van der Waals surface area contributed by atoms with Crippen LogP contribution in [0.5, 0.6) is 0 Å². The molecule has 4 nitrogen and oxygen atoms in total. The van der Waals surface area contributed by atoms with Crippen LogP contribution in [0.1, 0.15) is 47.0 Å². The Labute approximate surface area is 279 Å². The minimum Gasteiger partial charge on any atom is -0.398 e. The Balaban J connectivity index is 0.000000568. The van der Waals surface area contributed by atoms with Gasteiger partial charge in [0.25, 0.3) is 0 Å². The van der Waals surface area contributed by atoms with Crippen molar-refractivity contribution in [3.05, 3.63) is 146 Å². The molecule has 236 valence electrons. The van der Waals surface area contributed by atoms with E-state index < -0.39 is 0 Å². The van der Waals surface area contributed by atoms with Crippen molar-refractivity contribution in [2.45, 2.75) is 47.0 Å². The lowest BCUT2D eigenvalue weighted by Gasteiger charge is -2.27. The Hall–Kier alpha value is -5.48. The van der Waals surface area contributed by atoms with Crippen molar-refractivity contribution >= 4 is 44.6 Å². The van der Waals surface area contributed by atoms with Gasteiger partial charge in [0.05, 0.1) is 28.1 Å². The van der Waals surface area contributed by atoms with Crippen molar-refractivity contribution in [3.8, 4) is 22.5 Å². The summed E-state index contributed by atoms with van der Waals surface area (Å²) in [6.07, 6.45) is 3.89. The summed E-state index contributed by atoms with van der Waals surface area (Å²) >= 11 is 0. The molecule has 0 atom stereocenters. The monoisotopic (exact) mass is 616 g/mol. The Kier molecular flexibility index (Phi) is 11.3. The maximum absolute atomic E-state index is 6.36. The largest absolute Gasteiger partial charge is 0.398 e. The normalized spacial score (nSPS) is 10.5. The molecule has 0 bridgehead atoms. The molecule has 0 spiro atoms. The van der Waals surface area contributed by atoms with Crippen LogP contribution in [-0.4, -0.2) is 9.97 Å². The van der Waals surface area contributed by atoms with E-state index in [0.29, 0.717) is 0 Å². The van der Waals surface area contributed by atoms with Crippen LogP contribution < -0.4 is 10.6 Å². The molecule has 0 aliphatic heterocycles. The van der Waals surface area contributed by atoms with Gasteiger partial charge in [-0.3, -0.25) is 0 Å². The van der Waals surface area contributed by atoms with Crippen molar-refractivity contribution < 1.29 is 0 Å². The van der Waals surface area contributed by atoms with E-state index in [1.54, 1.807) is 0 Å². The number of hydrogen-bond acceptors (Lipinski definition) is 4. The molecule has 1 heterocycles. The summed E-state index contributed by atoms with van der Waals surface area (Å²) in [5, 5.41) is 2.14. The summed E-state index contributed by atoms with van der Waals surface area (Å²) < 4.78 is 0. The van der Waals surface area contributed by atoms with Crippen LogP contribution in [0.2, 0.25) is 0 Å². The summed E-state index contributed by atoms with van der Waals surface area (Å²) in [5.41, 5.74) is 15.8. The molecule has 0 saturated heterocycles. The van der Waals surface area contributed by atoms with E-state index in [1.165, 1.54) is 19.3 Å². The topological polar surface area (TPSA) is 55.0 Å². The van der Waals surface area contributed by atoms with E-state index in [2.05, 4.69) is 118 Å². The smallest absolute Gasteiger partial charge is 0.0973 e. The van der Waals surface area contributed by atoms with E-state index in [4.69, 9.17) is 15.7 Å². The van der Waals surface area contributed by atoms with Gasteiger partial charge < -0.3 is 10.6 Å². The molecule has 0 unspecified atom stereocenters. The first kappa shape index (κ1) is 32.9. The average Bonchev–Trinajstić information content (AvgIpc) is 3.13. The zero-order valence-corrected chi connectivity index (χ0v) is 27.9. The van der Waals surface area contributed by atoms with Gasteiger partial charge in [-0.15, -0.1) is 0 Å². The first-order valence-electron chi connectivity index (χ1n) is 16.6. The highest BCUT2D eigenvalue weighted by atomic mass is 15.1. The predicted octanol–water partition coefficient (Wildman–Crippen LogP) is 12.4. The first-order valence-corrected chi connectivity index (χ1v) is 16.6. The van der Waals surface area contributed by atoms with Crippen molar-refractivity contribution in [2.24, 2.45) is 0 Å². The van der Waals surface area contributed by atoms with Crippen LogP contribution in [-0.2, 0) is 0 Å². The number of benzene rings is 6. The number of para-hydroxylation sites is 3. The summed E-state index contributed by atoms with van der Waals surface area (Å²) in [5.74, 6) is 0. The van der Waals surface area contributed by atoms with E-state index in [1.807, 2.05) is 60.7 Å². The van der Waals surface area contributed by atoms with Gasteiger partial charge in [0.15, 0.2) is 0 Å². The Morgan fingerprint density at radius 1 is 0.468 bits per heavy atom. The van der Waals surface area contributed by atoms with Crippen molar-refractivity contribution in [1.29, 1.82) is 0 Å². The van der Waals surface area contributed by atoms with Crippen LogP contribution in [0, 0.1) is 0 Å². The highest BCUT2D eigenvalue weighted by Crippen LogP contribution is 2.41. The number of nitrogens with two attached hydrogens (primary N) is 1. The minimum atomic E-state index is 0.769. The van der Waals surface area contributed by atoms with E-state index in [0.717, 1.165) is 67.1 Å². The highest BCUT2D eigenvalue weighted by Gasteiger charge is 2.17. The van der Waals surface area contributed by atoms with Crippen LogP contribution >= 0.6 is 0 Å². The SMILES string of the molecule is CCC.CCCC.Nc1cccc2c(N(c3ccccc3)c3ccc(-c4nc5ccccc5nc4-c4ccccc4)cc3)cccc12. The molecule has 0 aliphatic rings. The maximum atomic E-state index is 6.36. The zero-order valence-electron chi connectivity index (χ0n) is 27.9. The van der Waals surface area contributed by atoms with Crippen molar-refractivity contribution in [2.75, 3.05) is 10.6 Å². The Morgan fingerprint density at radius 2 is 0.936 bits per heavy atom. The lowest BCUT2D eigenvalue weighted by molar-refractivity contribution is 0.886. The Morgan fingerprint density at radius 3 is 1.51 bits per heavy atom. The van der Waals surface area contributed by atoms with Gasteiger partial charge in [-0.25, -0.2) is 9.97 Å². The number of unbranched alkanes of at least 4 members (excludes halogenated alkanes) is 1. The fraction of sp³-hybridized carbons (Fsp3) is 0.163. The van der Waals surface area contributed by atoms with Gasteiger partial charge in [-0.05, 0) is 48.5 Å². The molecular formula is C43H44N4. The number of nitrogen functional groups attached to an aromatic ring is 1. The van der Waals surface area contributed by atoms with Gasteiger partial charge in [0.1, 0.15) is 0 Å². The second kappa shape index (κ2) is 16.2. The second-order valence-corrected chi connectivity index (χ2v) is 11.4. The van der Waals surface area contributed by atoms with E-state index in [9.17, 15) is 0 Å². The van der Waals surface area contributed by atoms with Gasteiger partial charge in [-0.2, -0.15) is 0 Å². The number of rotatable bonds is 6. The standard InChI is InChI=1S/C36H26N4.C4H10.C3H8/c37-31-17-9-16-30-29(31)15-10-20-34(30)40(27-13-5-2-6-14-27)28-23-21-26(22-24-28)36-35(25-11-3-1-4-12-25)38-32-18-7-8-19-33(32)39-36;1-3-4-2;1-3-2/h1-24H,37H2;3-4H2,1-2H3;3H2,1-2H3. The lowest BCUT2D eigenvalue weighted by Crippen LogP contribution is -2.10. The molecule has 7 aromatic rings. The lowest BCUT2D eigenvalue weighted by atomic mass is 10.0. The molecule has 7 rings (SSSR count). The third-order valence-corrected chi connectivity index (χ3v) is 7.70. The molecule has 0 radical (unpaired) electrons. The molecule has 47 heavy (non-hydrogen) atoms. The molecule has 6 aromatic carbocycles. The molecule has 0 fully saturated rings. The van der Waals surface area contributed by atoms with Gasteiger partial charge in [-0.1, -0.05) is 144 Å². The molecule has 2 N–H and O–H groups in total. The fourth-order valence-electron chi connectivity index (χ4n) is 5.28. The third kappa shape index (κ3) is 7.67. The summed E-state index contributed by atoms with van der Waals surface area (Å²) in [6, 6.07) is 49.6. The predicted molar refractivity (Wildman–Crippen MR) is 204 cm³/mol. The molecular weight excluding hydrogens is 573 g/mol. The summed E-state index contributed by atoms with van der Waals surface area (Å²) in [4.78, 5) is 12.4. The molecule has 0 amide bonds. The summed E-state index contributed by atoms with van der Waals surface area (Å²) in [6.45, 7) is 8.61.